The fourth-order valence-electron chi connectivity index (χ4n) is 2.79. The standard InChI is InChI=1S/C15H20N2O3/c1-9-6-10(2)8-12(7-9)16-15(20)17-5-4-11(3)13(17)14(18)19/h6-8,11,13H,4-5H2,1-3H3,(H,16,20)(H,18,19). The van der Waals surface area contributed by atoms with Crippen molar-refractivity contribution >= 4 is 17.7 Å². The molecule has 1 aromatic rings. The van der Waals surface area contributed by atoms with E-state index in [1.54, 1.807) is 0 Å². The molecule has 1 heterocycles. The van der Waals surface area contributed by atoms with E-state index in [1.165, 1.54) is 4.90 Å². The van der Waals surface area contributed by atoms with Crippen molar-refractivity contribution in [2.45, 2.75) is 33.2 Å². The summed E-state index contributed by atoms with van der Waals surface area (Å²) < 4.78 is 0. The molecule has 5 nitrogen and oxygen atoms in total. The maximum absolute atomic E-state index is 12.2. The van der Waals surface area contributed by atoms with Crippen LogP contribution >= 0.6 is 0 Å². The van der Waals surface area contributed by atoms with Gasteiger partial charge in [-0.3, -0.25) is 0 Å². The molecule has 0 spiro atoms. The Balaban J connectivity index is 2.13. The van der Waals surface area contributed by atoms with Crippen LogP contribution in [0.15, 0.2) is 18.2 Å². The van der Waals surface area contributed by atoms with Crippen LogP contribution in [0, 0.1) is 19.8 Å². The summed E-state index contributed by atoms with van der Waals surface area (Å²) in [6.45, 7) is 6.26. The van der Waals surface area contributed by atoms with Gasteiger partial charge in [0.2, 0.25) is 0 Å². The first-order valence-electron chi connectivity index (χ1n) is 6.77. The number of rotatable bonds is 2. The lowest BCUT2D eigenvalue weighted by Crippen LogP contribution is -2.44. The highest BCUT2D eigenvalue weighted by Gasteiger charge is 2.39. The van der Waals surface area contributed by atoms with Gasteiger partial charge in [0, 0.05) is 12.2 Å². The third kappa shape index (κ3) is 2.92. The Morgan fingerprint density at radius 2 is 1.85 bits per heavy atom. The van der Waals surface area contributed by atoms with Crippen LogP contribution < -0.4 is 5.32 Å². The third-order valence-corrected chi connectivity index (χ3v) is 3.69. The molecule has 108 valence electrons. The molecule has 0 aliphatic carbocycles. The zero-order valence-electron chi connectivity index (χ0n) is 12.0. The number of hydrogen-bond donors (Lipinski definition) is 2. The number of amides is 2. The van der Waals surface area contributed by atoms with E-state index in [9.17, 15) is 14.7 Å². The number of carboxylic acid groups (broad SMARTS) is 1. The lowest BCUT2D eigenvalue weighted by molar-refractivity contribution is -0.142. The van der Waals surface area contributed by atoms with E-state index in [1.807, 2.05) is 39.0 Å². The molecule has 1 aromatic carbocycles. The van der Waals surface area contributed by atoms with Crippen LogP contribution in [0.2, 0.25) is 0 Å². The molecule has 0 aromatic heterocycles. The van der Waals surface area contributed by atoms with Crippen LogP contribution in [0.5, 0.6) is 0 Å². The number of aryl methyl sites for hydroxylation is 2. The summed E-state index contributed by atoms with van der Waals surface area (Å²) in [5, 5.41) is 12.0. The summed E-state index contributed by atoms with van der Waals surface area (Å²) in [4.78, 5) is 24.9. The van der Waals surface area contributed by atoms with Gasteiger partial charge in [-0.15, -0.1) is 0 Å². The van der Waals surface area contributed by atoms with Gasteiger partial charge in [-0.2, -0.15) is 0 Å². The third-order valence-electron chi connectivity index (χ3n) is 3.69. The Hall–Kier alpha value is -2.04. The van der Waals surface area contributed by atoms with Crippen LogP contribution in [-0.4, -0.2) is 34.6 Å². The average Bonchev–Trinajstić information content (AvgIpc) is 2.69. The van der Waals surface area contributed by atoms with Gasteiger partial charge in [-0.05, 0) is 49.4 Å². The normalized spacial score (nSPS) is 21.9. The lowest BCUT2D eigenvalue weighted by Gasteiger charge is -2.23. The average molecular weight is 276 g/mol. The van der Waals surface area contributed by atoms with Gasteiger partial charge >= 0.3 is 12.0 Å². The Labute approximate surface area is 118 Å². The zero-order chi connectivity index (χ0) is 14.9. The van der Waals surface area contributed by atoms with Gasteiger partial charge in [0.15, 0.2) is 0 Å². The second kappa shape index (κ2) is 5.53. The number of nitrogens with zero attached hydrogens (tertiary/aromatic N) is 1. The summed E-state index contributed by atoms with van der Waals surface area (Å²) in [5.74, 6) is -0.955. The van der Waals surface area contributed by atoms with Crippen molar-refractivity contribution in [3.63, 3.8) is 0 Å². The maximum atomic E-state index is 12.2. The van der Waals surface area contributed by atoms with Crippen molar-refractivity contribution < 1.29 is 14.7 Å². The Morgan fingerprint density at radius 1 is 1.25 bits per heavy atom. The molecular weight excluding hydrogens is 256 g/mol. The zero-order valence-corrected chi connectivity index (χ0v) is 12.0. The summed E-state index contributed by atoms with van der Waals surface area (Å²) in [5.41, 5.74) is 2.82. The molecule has 2 unspecified atom stereocenters. The smallest absolute Gasteiger partial charge is 0.326 e. The van der Waals surface area contributed by atoms with Gasteiger partial charge in [0.25, 0.3) is 0 Å². The van der Waals surface area contributed by atoms with E-state index < -0.39 is 12.0 Å². The van der Waals surface area contributed by atoms with Crippen LogP contribution in [-0.2, 0) is 4.79 Å². The van der Waals surface area contributed by atoms with Gasteiger partial charge in [0.1, 0.15) is 6.04 Å². The predicted molar refractivity (Wildman–Crippen MR) is 76.8 cm³/mol. The van der Waals surface area contributed by atoms with Crippen LogP contribution in [0.1, 0.15) is 24.5 Å². The molecular formula is C15H20N2O3. The van der Waals surface area contributed by atoms with E-state index in [4.69, 9.17) is 0 Å². The minimum atomic E-state index is -0.939. The van der Waals surface area contributed by atoms with Crippen molar-refractivity contribution in [3.8, 4) is 0 Å². The van der Waals surface area contributed by atoms with Gasteiger partial charge in [-0.25, -0.2) is 9.59 Å². The quantitative estimate of drug-likeness (QED) is 0.872. The molecule has 1 saturated heterocycles. The lowest BCUT2D eigenvalue weighted by atomic mass is 10.0. The number of carboxylic acids is 1. The molecule has 0 radical (unpaired) electrons. The van der Waals surface area contributed by atoms with E-state index in [0.717, 1.165) is 17.5 Å². The summed E-state index contributed by atoms with van der Waals surface area (Å²) >= 11 is 0. The summed E-state index contributed by atoms with van der Waals surface area (Å²) in [6.07, 6.45) is 0.719. The van der Waals surface area contributed by atoms with Crippen LogP contribution in [0.25, 0.3) is 0 Å². The number of carbonyl (C=O) groups excluding carboxylic acids is 1. The Bertz CT molecular complexity index is 522. The molecule has 2 rings (SSSR count). The number of likely N-dealkylation sites (tertiary alicyclic amines) is 1. The van der Waals surface area contributed by atoms with Crippen molar-refractivity contribution in [2.24, 2.45) is 5.92 Å². The van der Waals surface area contributed by atoms with E-state index in [0.29, 0.717) is 12.2 Å². The van der Waals surface area contributed by atoms with E-state index in [2.05, 4.69) is 5.32 Å². The number of anilines is 1. The Morgan fingerprint density at radius 3 is 2.40 bits per heavy atom. The van der Waals surface area contributed by atoms with Crippen molar-refractivity contribution in [1.82, 2.24) is 4.90 Å². The number of hydrogen-bond acceptors (Lipinski definition) is 2. The van der Waals surface area contributed by atoms with E-state index >= 15 is 0 Å². The molecule has 2 amide bonds. The minimum Gasteiger partial charge on any atom is -0.480 e. The molecule has 2 atom stereocenters. The van der Waals surface area contributed by atoms with Crippen molar-refractivity contribution in [2.75, 3.05) is 11.9 Å². The van der Waals surface area contributed by atoms with Gasteiger partial charge in [-0.1, -0.05) is 13.0 Å². The Kier molecular flexibility index (Phi) is 3.97. The number of urea groups is 1. The number of aliphatic carboxylic acids is 1. The first-order valence-corrected chi connectivity index (χ1v) is 6.77. The highest BCUT2D eigenvalue weighted by Crippen LogP contribution is 2.25. The monoisotopic (exact) mass is 276 g/mol. The fourth-order valence-corrected chi connectivity index (χ4v) is 2.79. The molecule has 2 N–H and O–H groups in total. The fraction of sp³-hybridized carbons (Fsp3) is 0.467. The maximum Gasteiger partial charge on any atom is 0.326 e. The molecule has 0 saturated carbocycles. The molecule has 5 heteroatoms. The number of carbonyl (C=O) groups is 2. The highest BCUT2D eigenvalue weighted by molar-refractivity contribution is 5.93. The predicted octanol–water partition coefficient (Wildman–Crippen LogP) is 2.63. The molecule has 1 aliphatic heterocycles. The second-order valence-corrected chi connectivity index (χ2v) is 5.55. The topological polar surface area (TPSA) is 69.6 Å². The summed E-state index contributed by atoms with van der Waals surface area (Å²) in [6, 6.07) is 4.70. The molecule has 1 fully saturated rings. The van der Waals surface area contributed by atoms with Gasteiger partial charge in [0.05, 0.1) is 0 Å². The molecule has 0 bridgehead atoms. The van der Waals surface area contributed by atoms with Crippen LogP contribution in [0.3, 0.4) is 0 Å². The first kappa shape index (κ1) is 14.4. The molecule has 20 heavy (non-hydrogen) atoms. The van der Waals surface area contributed by atoms with Crippen molar-refractivity contribution in [3.05, 3.63) is 29.3 Å². The number of nitrogens with one attached hydrogen (secondary N) is 1. The van der Waals surface area contributed by atoms with Crippen molar-refractivity contribution in [1.29, 1.82) is 0 Å². The first-order chi connectivity index (χ1) is 9.38. The van der Waals surface area contributed by atoms with Crippen LogP contribution in [0.4, 0.5) is 10.5 Å². The van der Waals surface area contributed by atoms with Gasteiger partial charge < -0.3 is 15.3 Å². The van der Waals surface area contributed by atoms with E-state index in [-0.39, 0.29) is 11.9 Å². The second-order valence-electron chi connectivity index (χ2n) is 5.55. The molecule has 1 aliphatic rings. The number of benzene rings is 1. The highest BCUT2D eigenvalue weighted by atomic mass is 16.4. The SMILES string of the molecule is Cc1cc(C)cc(NC(=O)N2CCC(C)C2C(=O)O)c1. The largest absolute Gasteiger partial charge is 0.480 e. The minimum absolute atomic E-state index is 0.0162. The summed E-state index contributed by atoms with van der Waals surface area (Å²) in [7, 11) is 0.